The molecule has 0 fully saturated rings. The van der Waals surface area contributed by atoms with E-state index in [0.29, 0.717) is 5.82 Å². The van der Waals surface area contributed by atoms with Crippen LogP contribution in [0.25, 0.3) is 22.4 Å². The van der Waals surface area contributed by atoms with Gasteiger partial charge in [-0.05, 0) is 54.3 Å². The lowest BCUT2D eigenvalue weighted by atomic mass is 10.0. The molecule has 0 aliphatic heterocycles. The summed E-state index contributed by atoms with van der Waals surface area (Å²) in [6, 6.07) is 20.6. The Morgan fingerprint density at radius 1 is 0.714 bits per heavy atom. The van der Waals surface area contributed by atoms with Crippen LogP contribution in [-0.2, 0) is 0 Å². The number of aromatic nitrogens is 1. The van der Waals surface area contributed by atoms with Gasteiger partial charge in [-0.25, -0.2) is 4.98 Å². The first kappa shape index (κ1) is 13.4. The van der Waals surface area contributed by atoms with E-state index < -0.39 is 0 Å². The summed E-state index contributed by atoms with van der Waals surface area (Å²) < 4.78 is 0. The highest BCUT2D eigenvalue weighted by molar-refractivity contribution is 5.73. The van der Waals surface area contributed by atoms with E-state index in [1.807, 2.05) is 24.3 Å². The van der Waals surface area contributed by atoms with Gasteiger partial charge in [0.1, 0.15) is 5.82 Å². The number of nitrogens with two attached hydrogens (primary N) is 1. The summed E-state index contributed by atoms with van der Waals surface area (Å²) in [5, 5.41) is 0. The van der Waals surface area contributed by atoms with Crippen molar-refractivity contribution in [1.82, 2.24) is 4.98 Å². The lowest BCUT2D eigenvalue weighted by Gasteiger charge is -2.09. The summed E-state index contributed by atoms with van der Waals surface area (Å²) in [6.45, 7) is 4.23. The molecule has 0 bridgehead atoms. The first-order valence-electron chi connectivity index (χ1n) is 7.04. The SMILES string of the molecule is Cc1ccc(-c2cc(-c3ccccc3)cc(N)n2)cc1C. The molecule has 0 unspecified atom stereocenters. The van der Waals surface area contributed by atoms with Crippen molar-refractivity contribution in [2.75, 3.05) is 5.73 Å². The number of rotatable bonds is 2. The first-order chi connectivity index (χ1) is 10.1. The van der Waals surface area contributed by atoms with Gasteiger partial charge in [0.25, 0.3) is 0 Å². The zero-order valence-electron chi connectivity index (χ0n) is 12.3. The van der Waals surface area contributed by atoms with Crippen LogP contribution in [-0.4, -0.2) is 4.98 Å². The zero-order chi connectivity index (χ0) is 14.8. The third-order valence-corrected chi connectivity index (χ3v) is 3.75. The molecule has 0 spiro atoms. The van der Waals surface area contributed by atoms with Gasteiger partial charge in [0.05, 0.1) is 5.69 Å². The summed E-state index contributed by atoms with van der Waals surface area (Å²) in [4.78, 5) is 4.48. The van der Waals surface area contributed by atoms with E-state index in [-0.39, 0.29) is 0 Å². The monoisotopic (exact) mass is 274 g/mol. The average Bonchev–Trinajstić information content (AvgIpc) is 2.50. The number of aryl methyl sites for hydroxylation is 2. The lowest BCUT2D eigenvalue weighted by molar-refractivity contribution is 1.30. The summed E-state index contributed by atoms with van der Waals surface area (Å²) >= 11 is 0. The number of nitrogens with zero attached hydrogens (tertiary/aromatic N) is 1. The molecule has 0 saturated carbocycles. The maximum absolute atomic E-state index is 5.99. The number of hydrogen-bond donors (Lipinski definition) is 1. The normalized spacial score (nSPS) is 10.6. The van der Waals surface area contributed by atoms with E-state index in [4.69, 9.17) is 5.73 Å². The Morgan fingerprint density at radius 3 is 2.19 bits per heavy atom. The molecule has 2 N–H and O–H groups in total. The van der Waals surface area contributed by atoms with Crippen molar-refractivity contribution in [2.24, 2.45) is 0 Å². The molecule has 0 aliphatic rings. The topological polar surface area (TPSA) is 38.9 Å². The van der Waals surface area contributed by atoms with Crippen molar-refractivity contribution in [3.05, 3.63) is 71.8 Å². The summed E-state index contributed by atoms with van der Waals surface area (Å²) in [7, 11) is 0. The number of hydrogen-bond acceptors (Lipinski definition) is 2. The van der Waals surface area contributed by atoms with E-state index in [9.17, 15) is 0 Å². The third-order valence-electron chi connectivity index (χ3n) is 3.75. The van der Waals surface area contributed by atoms with Gasteiger partial charge in [-0.2, -0.15) is 0 Å². The highest BCUT2D eigenvalue weighted by atomic mass is 14.8. The molecule has 0 aliphatic carbocycles. The van der Waals surface area contributed by atoms with Crippen LogP contribution in [0.1, 0.15) is 11.1 Å². The standard InChI is InChI=1S/C19H18N2/c1-13-8-9-16(10-14(13)2)18-11-17(12-19(20)21-18)15-6-4-3-5-7-15/h3-12H,1-2H3,(H2,20,21). The summed E-state index contributed by atoms with van der Waals surface area (Å²) in [6.07, 6.45) is 0. The Kier molecular flexibility index (Phi) is 3.44. The Morgan fingerprint density at radius 2 is 1.48 bits per heavy atom. The fourth-order valence-electron chi connectivity index (χ4n) is 2.40. The van der Waals surface area contributed by atoms with Crippen molar-refractivity contribution in [1.29, 1.82) is 0 Å². The minimum absolute atomic E-state index is 0.546. The highest BCUT2D eigenvalue weighted by Gasteiger charge is 2.06. The molecule has 2 nitrogen and oxygen atoms in total. The van der Waals surface area contributed by atoms with Crippen LogP contribution in [0.5, 0.6) is 0 Å². The smallest absolute Gasteiger partial charge is 0.124 e. The van der Waals surface area contributed by atoms with Crippen molar-refractivity contribution >= 4 is 5.82 Å². The van der Waals surface area contributed by atoms with E-state index in [0.717, 1.165) is 22.4 Å². The minimum Gasteiger partial charge on any atom is -0.384 e. The van der Waals surface area contributed by atoms with Crippen LogP contribution < -0.4 is 5.73 Å². The lowest BCUT2D eigenvalue weighted by Crippen LogP contribution is -1.94. The molecule has 1 heterocycles. The molecule has 0 saturated heterocycles. The molecule has 0 radical (unpaired) electrons. The molecule has 0 atom stereocenters. The second kappa shape index (κ2) is 5.41. The van der Waals surface area contributed by atoms with E-state index in [1.165, 1.54) is 11.1 Å². The van der Waals surface area contributed by atoms with Gasteiger partial charge in [-0.3, -0.25) is 0 Å². The molecule has 0 amide bonds. The van der Waals surface area contributed by atoms with Crippen LogP contribution >= 0.6 is 0 Å². The minimum atomic E-state index is 0.546. The van der Waals surface area contributed by atoms with E-state index in [2.05, 4.69) is 55.2 Å². The van der Waals surface area contributed by atoms with Crippen molar-refractivity contribution in [3.63, 3.8) is 0 Å². The Bertz CT molecular complexity index is 777. The zero-order valence-corrected chi connectivity index (χ0v) is 12.3. The van der Waals surface area contributed by atoms with Crippen LogP contribution in [0, 0.1) is 13.8 Å². The molecular formula is C19H18N2. The van der Waals surface area contributed by atoms with Gasteiger partial charge in [-0.15, -0.1) is 0 Å². The fraction of sp³-hybridized carbons (Fsp3) is 0.105. The predicted molar refractivity (Wildman–Crippen MR) is 89.0 cm³/mol. The molecule has 104 valence electrons. The second-order valence-corrected chi connectivity index (χ2v) is 5.33. The van der Waals surface area contributed by atoms with Crippen LogP contribution in [0.15, 0.2) is 60.7 Å². The van der Waals surface area contributed by atoms with Gasteiger partial charge in [-0.1, -0.05) is 42.5 Å². The molecule has 21 heavy (non-hydrogen) atoms. The first-order valence-corrected chi connectivity index (χ1v) is 7.04. The van der Waals surface area contributed by atoms with Crippen LogP contribution in [0.2, 0.25) is 0 Å². The fourth-order valence-corrected chi connectivity index (χ4v) is 2.40. The van der Waals surface area contributed by atoms with Crippen molar-refractivity contribution < 1.29 is 0 Å². The van der Waals surface area contributed by atoms with Crippen molar-refractivity contribution in [2.45, 2.75) is 13.8 Å². The van der Waals surface area contributed by atoms with Gasteiger partial charge < -0.3 is 5.73 Å². The summed E-state index contributed by atoms with van der Waals surface area (Å²) in [5.74, 6) is 0.546. The molecule has 1 aromatic heterocycles. The summed E-state index contributed by atoms with van der Waals surface area (Å²) in [5.41, 5.74) is 12.8. The van der Waals surface area contributed by atoms with Crippen molar-refractivity contribution in [3.8, 4) is 22.4 Å². The van der Waals surface area contributed by atoms with E-state index >= 15 is 0 Å². The molecule has 2 aromatic carbocycles. The quantitative estimate of drug-likeness (QED) is 0.741. The Hall–Kier alpha value is -2.61. The van der Waals surface area contributed by atoms with Crippen LogP contribution in [0.4, 0.5) is 5.82 Å². The van der Waals surface area contributed by atoms with Gasteiger partial charge >= 0.3 is 0 Å². The third kappa shape index (κ3) is 2.79. The second-order valence-electron chi connectivity index (χ2n) is 5.33. The number of nitrogen functional groups attached to an aromatic ring is 1. The van der Waals surface area contributed by atoms with E-state index in [1.54, 1.807) is 0 Å². The Labute approximate surface area is 125 Å². The van der Waals surface area contributed by atoms with Gasteiger partial charge in [0, 0.05) is 5.56 Å². The predicted octanol–water partition coefficient (Wildman–Crippen LogP) is 4.61. The molecular weight excluding hydrogens is 256 g/mol. The maximum Gasteiger partial charge on any atom is 0.124 e. The highest BCUT2D eigenvalue weighted by Crippen LogP contribution is 2.27. The maximum atomic E-state index is 5.99. The number of anilines is 1. The van der Waals surface area contributed by atoms with Gasteiger partial charge in [0.15, 0.2) is 0 Å². The Balaban J connectivity index is 2.11. The van der Waals surface area contributed by atoms with Crippen LogP contribution in [0.3, 0.4) is 0 Å². The number of benzene rings is 2. The van der Waals surface area contributed by atoms with Gasteiger partial charge in [0.2, 0.25) is 0 Å². The molecule has 2 heteroatoms. The number of pyridine rings is 1. The largest absolute Gasteiger partial charge is 0.384 e. The average molecular weight is 274 g/mol. The molecule has 3 aromatic rings. The molecule has 3 rings (SSSR count).